The smallest absolute Gasteiger partial charge is 0.327 e. The fourth-order valence-corrected chi connectivity index (χ4v) is 7.56. The van der Waals surface area contributed by atoms with E-state index in [4.69, 9.17) is 5.73 Å². The topological polar surface area (TPSA) is 200 Å². The van der Waals surface area contributed by atoms with Crippen molar-refractivity contribution in [2.45, 2.75) is 69.2 Å². The third kappa shape index (κ3) is 10.4. The second-order valence-electron chi connectivity index (χ2n) is 11.6. The molecule has 3 aromatic carbocycles. The minimum absolute atomic E-state index is 0.0213. The Kier molecular flexibility index (Phi) is 13.5. The number of phenols is 1. The number of nitrogens with two attached hydrogens (primary N) is 1. The highest BCUT2D eigenvalue weighted by molar-refractivity contribution is 8.76. The first-order chi connectivity index (χ1) is 23.0. The molecule has 0 aromatic heterocycles. The number of benzene rings is 3. The average Bonchev–Trinajstić information content (AvgIpc) is 3.07. The van der Waals surface area contributed by atoms with Crippen LogP contribution in [0.4, 0.5) is 0 Å². The number of phenolic OH excluding ortho intramolecular Hbond substituents is 1. The lowest BCUT2D eigenvalue weighted by Gasteiger charge is -2.27. The molecule has 4 rings (SSSR count). The van der Waals surface area contributed by atoms with Crippen molar-refractivity contribution in [3.05, 3.63) is 77.9 Å². The minimum Gasteiger partial charge on any atom is -0.508 e. The van der Waals surface area contributed by atoms with Gasteiger partial charge in [0.2, 0.25) is 23.6 Å². The minimum atomic E-state index is -1.24. The Morgan fingerprint density at radius 2 is 1.56 bits per heavy atom. The van der Waals surface area contributed by atoms with Gasteiger partial charge in [0.05, 0.1) is 6.04 Å². The van der Waals surface area contributed by atoms with Gasteiger partial charge in [0, 0.05) is 17.9 Å². The van der Waals surface area contributed by atoms with Crippen molar-refractivity contribution < 1.29 is 34.2 Å². The molecule has 1 saturated heterocycles. The SMILES string of the molecule is CCCC[C@@H]1NC(=O)[C@H](Cc2cccc3ccccc23)NC(=O)[C@@H](NC(=O)[C@@H](N)Cc2ccc(O)cc2)CSSC[C@H](C(=O)O)NC1=O. The second kappa shape index (κ2) is 17.8. The summed E-state index contributed by atoms with van der Waals surface area (Å²) >= 11 is 0. The first kappa shape index (κ1) is 36.6. The highest BCUT2D eigenvalue weighted by Crippen LogP contribution is 2.24. The number of nitrogens with one attached hydrogen (secondary N) is 4. The number of hydrogen-bond donors (Lipinski definition) is 7. The predicted molar refractivity (Wildman–Crippen MR) is 187 cm³/mol. The standard InChI is InChI=1S/C34H41N5O7S2/c1-2-3-11-26-31(42)39-29(34(45)46)19-48-47-18-28(38-30(41)25(35)16-20-12-14-23(40)15-13-20)33(44)37-27(32(43)36-26)17-22-9-6-8-21-7-4-5-10-24(21)22/h4-10,12-15,25-29,40H,2-3,11,16-19,35H2,1H3,(H,36,43)(H,37,44)(H,38,41)(H,39,42)(H,45,46)/t25-,26-,27-,28-,29+/m0/s1. The van der Waals surface area contributed by atoms with Crippen LogP contribution in [0.3, 0.4) is 0 Å². The second-order valence-corrected chi connectivity index (χ2v) is 14.2. The molecule has 0 radical (unpaired) electrons. The molecule has 1 aliphatic rings. The molecule has 48 heavy (non-hydrogen) atoms. The van der Waals surface area contributed by atoms with Crippen molar-refractivity contribution in [1.29, 1.82) is 0 Å². The molecule has 14 heteroatoms. The number of amides is 4. The van der Waals surface area contributed by atoms with E-state index in [1.165, 1.54) is 12.1 Å². The lowest BCUT2D eigenvalue weighted by molar-refractivity contribution is -0.141. The van der Waals surface area contributed by atoms with Crippen molar-refractivity contribution in [1.82, 2.24) is 21.3 Å². The van der Waals surface area contributed by atoms with Crippen LogP contribution in [0.15, 0.2) is 66.7 Å². The van der Waals surface area contributed by atoms with E-state index in [9.17, 15) is 34.2 Å². The van der Waals surface area contributed by atoms with E-state index in [-0.39, 0.29) is 36.5 Å². The van der Waals surface area contributed by atoms with Gasteiger partial charge >= 0.3 is 5.97 Å². The van der Waals surface area contributed by atoms with Gasteiger partial charge in [-0.1, -0.05) is 96.0 Å². The number of aliphatic carboxylic acids is 1. The van der Waals surface area contributed by atoms with Gasteiger partial charge in [-0.2, -0.15) is 0 Å². The van der Waals surface area contributed by atoms with E-state index >= 15 is 0 Å². The van der Waals surface area contributed by atoms with Crippen LogP contribution in [-0.2, 0) is 36.8 Å². The summed E-state index contributed by atoms with van der Waals surface area (Å²) in [6.07, 6.45) is 1.84. The molecule has 1 aliphatic heterocycles. The van der Waals surface area contributed by atoms with E-state index in [0.29, 0.717) is 12.0 Å². The summed E-state index contributed by atoms with van der Waals surface area (Å²) in [4.78, 5) is 66.3. The fourth-order valence-electron chi connectivity index (χ4n) is 5.24. The Morgan fingerprint density at radius 1 is 0.896 bits per heavy atom. The maximum absolute atomic E-state index is 13.9. The zero-order valence-electron chi connectivity index (χ0n) is 26.5. The summed E-state index contributed by atoms with van der Waals surface area (Å²) in [6.45, 7) is 1.94. The van der Waals surface area contributed by atoms with E-state index in [0.717, 1.165) is 44.3 Å². The van der Waals surface area contributed by atoms with Gasteiger partial charge < -0.3 is 37.2 Å². The zero-order chi connectivity index (χ0) is 34.6. The molecule has 0 unspecified atom stereocenters. The summed E-state index contributed by atoms with van der Waals surface area (Å²) in [5.74, 6) is -3.62. The zero-order valence-corrected chi connectivity index (χ0v) is 28.1. The maximum atomic E-state index is 13.9. The van der Waals surface area contributed by atoms with Crippen LogP contribution in [0.5, 0.6) is 5.75 Å². The molecular weight excluding hydrogens is 655 g/mol. The van der Waals surface area contributed by atoms with Crippen LogP contribution in [-0.4, -0.2) is 81.5 Å². The van der Waals surface area contributed by atoms with E-state index in [1.54, 1.807) is 12.1 Å². The highest BCUT2D eigenvalue weighted by atomic mass is 33.1. The molecule has 0 aliphatic carbocycles. The first-order valence-corrected chi connectivity index (χ1v) is 18.2. The van der Waals surface area contributed by atoms with Crippen LogP contribution < -0.4 is 27.0 Å². The Hall–Kier alpha value is -4.27. The number of carbonyl (C=O) groups is 5. The molecule has 12 nitrogen and oxygen atoms in total. The fraction of sp³-hybridized carbons (Fsp3) is 0.382. The predicted octanol–water partition coefficient (Wildman–Crippen LogP) is 2.27. The maximum Gasteiger partial charge on any atom is 0.327 e. The Morgan fingerprint density at radius 3 is 2.29 bits per heavy atom. The number of aromatic hydroxyl groups is 1. The third-order valence-corrected chi connectivity index (χ3v) is 10.4. The van der Waals surface area contributed by atoms with Crippen molar-refractivity contribution in [2.24, 2.45) is 5.73 Å². The molecule has 1 fully saturated rings. The summed E-state index contributed by atoms with van der Waals surface area (Å²) in [5.41, 5.74) is 7.69. The van der Waals surface area contributed by atoms with Crippen LogP contribution in [0.1, 0.15) is 37.3 Å². The lowest BCUT2D eigenvalue weighted by Crippen LogP contribution is -2.59. The van der Waals surface area contributed by atoms with Crippen LogP contribution in [0.2, 0.25) is 0 Å². The molecule has 0 bridgehead atoms. The monoisotopic (exact) mass is 695 g/mol. The first-order valence-electron chi connectivity index (χ1n) is 15.7. The molecule has 3 aromatic rings. The van der Waals surface area contributed by atoms with E-state index in [2.05, 4.69) is 21.3 Å². The molecule has 1 heterocycles. The quantitative estimate of drug-likeness (QED) is 0.154. The average molecular weight is 696 g/mol. The number of carboxylic acid groups (broad SMARTS) is 1. The molecule has 0 spiro atoms. The normalized spacial score (nSPS) is 21.7. The summed E-state index contributed by atoms with van der Waals surface area (Å²) < 4.78 is 0. The molecule has 4 amide bonds. The number of unbranched alkanes of at least 4 members (excludes halogenated alkanes) is 1. The van der Waals surface area contributed by atoms with Crippen molar-refractivity contribution in [3.63, 3.8) is 0 Å². The van der Waals surface area contributed by atoms with Gasteiger partial charge in [-0.15, -0.1) is 0 Å². The molecule has 0 saturated carbocycles. The molecular formula is C34H41N5O7S2. The Labute approximate surface area is 286 Å². The van der Waals surface area contributed by atoms with Crippen LogP contribution in [0, 0.1) is 0 Å². The number of carboxylic acids is 1. The molecule has 5 atom stereocenters. The summed E-state index contributed by atoms with van der Waals surface area (Å²) in [7, 11) is 2.29. The van der Waals surface area contributed by atoms with Crippen molar-refractivity contribution in [3.8, 4) is 5.75 Å². The highest BCUT2D eigenvalue weighted by Gasteiger charge is 2.33. The van der Waals surface area contributed by atoms with Gasteiger partial charge in [0.1, 0.15) is 29.9 Å². The lowest BCUT2D eigenvalue weighted by atomic mass is 9.97. The van der Waals surface area contributed by atoms with Gasteiger partial charge in [0.25, 0.3) is 0 Å². The molecule has 256 valence electrons. The van der Waals surface area contributed by atoms with E-state index in [1.807, 2.05) is 49.4 Å². The third-order valence-electron chi connectivity index (χ3n) is 7.95. The van der Waals surface area contributed by atoms with Crippen LogP contribution >= 0.6 is 21.6 Å². The van der Waals surface area contributed by atoms with Gasteiger partial charge in [-0.25, -0.2) is 4.79 Å². The summed E-state index contributed by atoms with van der Waals surface area (Å²) in [5, 5.41) is 32.1. The molecule has 8 N–H and O–H groups in total. The van der Waals surface area contributed by atoms with Crippen molar-refractivity contribution in [2.75, 3.05) is 11.5 Å². The number of carbonyl (C=O) groups excluding carboxylic acids is 4. The van der Waals surface area contributed by atoms with Gasteiger partial charge in [-0.3, -0.25) is 19.2 Å². The van der Waals surface area contributed by atoms with Gasteiger partial charge in [0.15, 0.2) is 0 Å². The number of hydrogen-bond acceptors (Lipinski definition) is 9. The Bertz CT molecular complexity index is 1600. The van der Waals surface area contributed by atoms with Gasteiger partial charge in [-0.05, 0) is 46.9 Å². The van der Waals surface area contributed by atoms with Crippen molar-refractivity contribution >= 4 is 62.0 Å². The van der Waals surface area contributed by atoms with Crippen LogP contribution in [0.25, 0.3) is 10.8 Å². The number of fused-ring (bicyclic) bond motifs is 1. The Balaban J connectivity index is 1.63. The largest absolute Gasteiger partial charge is 0.508 e. The summed E-state index contributed by atoms with van der Waals surface area (Å²) in [6, 6.07) is 14.0. The number of rotatable bonds is 10. The van der Waals surface area contributed by atoms with E-state index < -0.39 is 59.8 Å².